The predicted octanol–water partition coefficient (Wildman–Crippen LogP) is 4.20. The molecule has 0 bridgehead atoms. The zero-order chi connectivity index (χ0) is 23.8. The average Bonchev–Trinajstić information content (AvgIpc) is 3.56. The second kappa shape index (κ2) is 11.8. The molecule has 1 atom stereocenters. The van der Waals surface area contributed by atoms with Crippen LogP contribution in [0.25, 0.3) is 11.3 Å². The summed E-state index contributed by atoms with van der Waals surface area (Å²) in [4.78, 5) is 4.40. The summed E-state index contributed by atoms with van der Waals surface area (Å²) in [7, 11) is 2.03. The molecular weight excluding hydrogens is 426 g/mol. The highest BCUT2D eigenvalue weighted by molar-refractivity contribution is 5.68. The molecule has 1 heterocycles. The van der Waals surface area contributed by atoms with E-state index in [0.717, 1.165) is 29.2 Å². The third-order valence-corrected chi connectivity index (χ3v) is 5.98. The van der Waals surface area contributed by atoms with Crippen LogP contribution >= 0.6 is 0 Å². The highest BCUT2D eigenvalue weighted by atomic mass is 16.5. The normalized spacial score (nSPS) is 14.2. The number of ether oxygens (including phenoxy) is 1. The number of aliphatic hydroxyl groups excluding tert-OH is 1. The van der Waals surface area contributed by atoms with E-state index in [-0.39, 0.29) is 13.2 Å². The van der Waals surface area contributed by atoms with Crippen molar-refractivity contribution in [3.63, 3.8) is 0 Å². The second-order valence-electron chi connectivity index (χ2n) is 9.03. The minimum Gasteiger partial charge on any atom is -0.389 e. The van der Waals surface area contributed by atoms with Crippen LogP contribution in [-0.2, 0) is 17.8 Å². The zero-order valence-corrected chi connectivity index (χ0v) is 19.8. The summed E-state index contributed by atoms with van der Waals surface area (Å²) >= 11 is 0. The number of rotatable bonds is 13. The van der Waals surface area contributed by atoms with Crippen LogP contribution in [0, 0.1) is 18.3 Å². The maximum absolute atomic E-state index is 10.6. The fraction of sp³-hybridized carbons (Fsp3) is 0.393. The summed E-state index contributed by atoms with van der Waals surface area (Å²) in [5.41, 5.74) is 4.09. The SMILES string of the molecule is C#CCOC[C@@H](O)CN(Cc1c(-c2ccccc2)noc1N(C)Cc1ccccc1)CC1CC1. The molecule has 0 aliphatic heterocycles. The van der Waals surface area contributed by atoms with Gasteiger partial charge in [-0.3, -0.25) is 4.90 Å². The van der Waals surface area contributed by atoms with Gasteiger partial charge in [-0.05, 0) is 24.3 Å². The molecule has 6 nitrogen and oxygen atoms in total. The molecule has 1 aromatic heterocycles. The Morgan fingerprint density at radius 1 is 1.12 bits per heavy atom. The lowest BCUT2D eigenvalue weighted by atomic mass is 10.1. The standard InChI is InChI=1S/C28H33N3O3/c1-3-16-33-21-25(32)19-31(18-23-14-15-23)20-26-27(24-12-8-5-9-13-24)29-34-28(26)30(2)17-22-10-6-4-7-11-22/h1,4-13,23,25,32H,14-21H2,2H3/t25-/m0/s1. The first-order valence-corrected chi connectivity index (χ1v) is 11.8. The zero-order valence-electron chi connectivity index (χ0n) is 19.8. The monoisotopic (exact) mass is 459 g/mol. The van der Waals surface area contributed by atoms with Crippen LogP contribution in [0.3, 0.4) is 0 Å². The third-order valence-electron chi connectivity index (χ3n) is 5.98. The number of terminal acetylenes is 1. The van der Waals surface area contributed by atoms with Crippen LogP contribution in [0.5, 0.6) is 0 Å². The molecule has 0 unspecified atom stereocenters. The van der Waals surface area contributed by atoms with Gasteiger partial charge in [-0.15, -0.1) is 6.42 Å². The first-order chi connectivity index (χ1) is 16.6. The highest BCUT2D eigenvalue weighted by Crippen LogP contribution is 2.35. The molecule has 0 radical (unpaired) electrons. The third kappa shape index (κ3) is 6.71. The molecule has 1 aliphatic rings. The van der Waals surface area contributed by atoms with E-state index in [2.05, 4.69) is 45.1 Å². The molecule has 0 spiro atoms. The van der Waals surface area contributed by atoms with Gasteiger partial charge in [-0.25, -0.2) is 0 Å². The summed E-state index contributed by atoms with van der Waals surface area (Å²) in [6, 6.07) is 20.4. The summed E-state index contributed by atoms with van der Waals surface area (Å²) in [6.07, 6.45) is 7.11. The number of aliphatic hydroxyl groups is 1. The Kier molecular flexibility index (Phi) is 8.37. The van der Waals surface area contributed by atoms with Gasteiger partial charge in [0.1, 0.15) is 12.3 Å². The number of anilines is 1. The Morgan fingerprint density at radius 3 is 2.50 bits per heavy atom. The largest absolute Gasteiger partial charge is 0.389 e. The van der Waals surface area contributed by atoms with Crippen LogP contribution in [0.4, 0.5) is 5.88 Å². The number of hydrogen-bond acceptors (Lipinski definition) is 6. The summed E-state index contributed by atoms with van der Waals surface area (Å²) in [6.45, 7) is 3.20. The Balaban J connectivity index is 1.58. The lowest BCUT2D eigenvalue weighted by Gasteiger charge is -2.26. The van der Waals surface area contributed by atoms with E-state index in [1.165, 1.54) is 18.4 Å². The van der Waals surface area contributed by atoms with E-state index in [1.54, 1.807) is 0 Å². The molecule has 34 heavy (non-hydrogen) atoms. The minimum atomic E-state index is -0.613. The van der Waals surface area contributed by atoms with Gasteiger partial charge < -0.3 is 19.3 Å². The van der Waals surface area contributed by atoms with E-state index in [4.69, 9.17) is 15.7 Å². The Labute approximate surface area is 202 Å². The number of nitrogens with zero attached hydrogens (tertiary/aromatic N) is 3. The Bertz CT molecular complexity index is 1060. The molecular formula is C28H33N3O3. The molecule has 1 saturated carbocycles. The van der Waals surface area contributed by atoms with E-state index in [0.29, 0.717) is 25.6 Å². The van der Waals surface area contributed by atoms with Crippen molar-refractivity contribution >= 4 is 5.88 Å². The van der Waals surface area contributed by atoms with Crippen molar-refractivity contribution in [3.8, 4) is 23.6 Å². The van der Waals surface area contributed by atoms with Gasteiger partial charge in [0.25, 0.3) is 0 Å². The molecule has 0 saturated heterocycles. The molecule has 1 aliphatic carbocycles. The van der Waals surface area contributed by atoms with Gasteiger partial charge in [0.2, 0.25) is 5.88 Å². The van der Waals surface area contributed by atoms with Gasteiger partial charge in [0.15, 0.2) is 0 Å². The van der Waals surface area contributed by atoms with E-state index >= 15 is 0 Å². The first kappa shape index (κ1) is 24.0. The fourth-order valence-corrected chi connectivity index (χ4v) is 4.19. The van der Waals surface area contributed by atoms with E-state index < -0.39 is 6.10 Å². The van der Waals surface area contributed by atoms with Gasteiger partial charge in [-0.1, -0.05) is 71.7 Å². The van der Waals surface area contributed by atoms with E-state index in [9.17, 15) is 5.11 Å². The van der Waals surface area contributed by atoms with Crippen molar-refractivity contribution in [2.24, 2.45) is 5.92 Å². The minimum absolute atomic E-state index is 0.206. The first-order valence-electron chi connectivity index (χ1n) is 11.8. The van der Waals surface area contributed by atoms with Crippen molar-refractivity contribution in [1.29, 1.82) is 0 Å². The smallest absolute Gasteiger partial charge is 0.232 e. The highest BCUT2D eigenvalue weighted by Gasteiger charge is 2.29. The number of hydrogen-bond donors (Lipinski definition) is 1. The molecule has 178 valence electrons. The van der Waals surface area contributed by atoms with Crippen molar-refractivity contribution in [2.45, 2.75) is 32.0 Å². The van der Waals surface area contributed by atoms with Gasteiger partial charge in [0, 0.05) is 38.8 Å². The van der Waals surface area contributed by atoms with Gasteiger partial charge >= 0.3 is 0 Å². The molecule has 1 N–H and O–H groups in total. The lowest BCUT2D eigenvalue weighted by Crippen LogP contribution is -2.36. The molecule has 4 rings (SSSR count). The Morgan fingerprint density at radius 2 is 1.82 bits per heavy atom. The van der Waals surface area contributed by atoms with Crippen LogP contribution < -0.4 is 4.90 Å². The quantitative estimate of drug-likeness (QED) is 0.305. The molecule has 0 amide bonds. The molecule has 2 aromatic carbocycles. The molecule has 3 aromatic rings. The molecule has 6 heteroatoms. The van der Waals surface area contributed by atoms with Crippen LogP contribution in [0.15, 0.2) is 65.2 Å². The van der Waals surface area contributed by atoms with Crippen LogP contribution in [0.2, 0.25) is 0 Å². The van der Waals surface area contributed by atoms with Gasteiger partial charge in [-0.2, -0.15) is 0 Å². The van der Waals surface area contributed by atoms with Crippen molar-refractivity contribution in [3.05, 3.63) is 71.8 Å². The maximum Gasteiger partial charge on any atom is 0.232 e. The van der Waals surface area contributed by atoms with Crippen molar-refractivity contribution in [2.75, 3.05) is 38.3 Å². The fourth-order valence-electron chi connectivity index (χ4n) is 4.19. The molecule has 1 fully saturated rings. The Hall–Kier alpha value is -3.11. The average molecular weight is 460 g/mol. The van der Waals surface area contributed by atoms with Crippen molar-refractivity contribution < 1.29 is 14.4 Å². The topological polar surface area (TPSA) is 62.0 Å². The second-order valence-corrected chi connectivity index (χ2v) is 9.03. The predicted molar refractivity (Wildman–Crippen MR) is 134 cm³/mol. The van der Waals surface area contributed by atoms with Crippen LogP contribution in [-0.4, -0.2) is 54.6 Å². The van der Waals surface area contributed by atoms with Gasteiger partial charge in [0.05, 0.1) is 18.3 Å². The lowest BCUT2D eigenvalue weighted by molar-refractivity contribution is 0.0251. The summed E-state index contributed by atoms with van der Waals surface area (Å²) in [5.74, 6) is 3.87. The number of benzene rings is 2. The summed E-state index contributed by atoms with van der Waals surface area (Å²) in [5, 5.41) is 15.1. The van der Waals surface area contributed by atoms with Crippen molar-refractivity contribution in [1.82, 2.24) is 10.1 Å². The van der Waals surface area contributed by atoms with Crippen LogP contribution in [0.1, 0.15) is 24.0 Å². The summed E-state index contributed by atoms with van der Waals surface area (Å²) < 4.78 is 11.3. The number of aromatic nitrogens is 1. The van der Waals surface area contributed by atoms with E-state index in [1.807, 2.05) is 43.4 Å². The maximum atomic E-state index is 10.6.